The van der Waals surface area contributed by atoms with Crippen LogP contribution in [0.1, 0.15) is 26.3 Å². The maximum absolute atomic E-state index is 11.3. The van der Waals surface area contributed by atoms with Crippen molar-refractivity contribution in [2.45, 2.75) is 6.92 Å². The van der Waals surface area contributed by atoms with Crippen LogP contribution in [0.4, 0.5) is 0 Å². The molecule has 3 rings (SSSR count). The zero-order valence-electron chi connectivity index (χ0n) is 11.3. The molecule has 4 nitrogen and oxygen atoms in total. The fourth-order valence-corrected chi connectivity index (χ4v) is 2.69. The van der Waals surface area contributed by atoms with Gasteiger partial charge in [-0.05, 0) is 52.2 Å². The number of benzene rings is 3. The Kier molecular flexibility index (Phi) is 2.87. The molecular weight excluding hydrogens is 268 g/mol. The summed E-state index contributed by atoms with van der Waals surface area (Å²) >= 11 is 0. The van der Waals surface area contributed by atoms with Gasteiger partial charge in [0, 0.05) is 0 Å². The fraction of sp³-hybridized carbons (Fsp3) is 0.0588. The van der Waals surface area contributed by atoms with E-state index in [1.165, 1.54) is 12.1 Å². The largest absolute Gasteiger partial charge is 0.478 e. The minimum Gasteiger partial charge on any atom is -0.478 e. The Morgan fingerprint density at radius 3 is 2.10 bits per heavy atom. The van der Waals surface area contributed by atoms with Crippen molar-refractivity contribution < 1.29 is 19.8 Å². The molecule has 2 N–H and O–H groups in total. The van der Waals surface area contributed by atoms with Crippen LogP contribution in [-0.4, -0.2) is 22.2 Å². The third-order valence-electron chi connectivity index (χ3n) is 3.73. The summed E-state index contributed by atoms with van der Waals surface area (Å²) in [4.78, 5) is 22.5. The maximum Gasteiger partial charge on any atom is 0.336 e. The zero-order valence-corrected chi connectivity index (χ0v) is 11.3. The molecule has 21 heavy (non-hydrogen) atoms. The highest BCUT2D eigenvalue weighted by atomic mass is 16.4. The molecule has 3 aromatic rings. The molecule has 0 fully saturated rings. The molecule has 0 radical (unpaired) electrons. The summed E-state index contributed by atoms with van der Waals surface area (Å²) in [6.07, 6.45) is 0. The first-order valence-corrected chi connectivity index (χ1v) is 6.41. The van der Waals surface area contributed by atoms with Gasteiger partial charge in [-0.25, -0.2) is 9.59 Å². The number of carboxylic acids is 2. The molecule has 4 heteroatoms. The lowest BCUT2D eigenvalue weighted by Gasteiger charge is -2.10. The summed E-state index contributed by atoms with van der Waals surface area (Å²) in [6.45, 7) is 1.91. The van der Waals surface area contributed by atoms with E-state index in [1.807, 2.05) is 37.3 Å². The SMILES string of the molecule is Cc1c2ccccc2cc2cc(C(=O)O)c(C(=O)O)cc12. The van der Waals surface area contributed by atoms with Crippen LogP contribution in [0.25, 0.3) is 21.5 Å². The Morgan fingerprint density at radius 1 is 0.810 bits per heavy atom. The zero-order chi connectivity index (χ0) is 15.1. The molecule has 0 amide bonds. The van der Waals surface area contributed by atoms with E-state index in [9.17, 15) is 19.8 Å². The average Bonchev–Trinajstić information content (AvgIpc) is 2.46. The summed E-state index contributed by atoms with van der Waals surface area (Å²) in [5.74, 6) is -2.47. The summed E-state index contributed by atoms with van der Waals surface area (Å²) in [6, 6.07) is 12.5. The lowest BCUT2D eigenvalue weighted by molar-refractivity contribution is 0.0652. The first-order chi connectivity index (χ1) is 9.99. The molecule has 0 aliphatic carbocycles. The highest BCUT2D eigenvalue weighted by Crippen LogP contribution is 2.30. The van der Waals surface area contributed by atoms with Crippen molar-refractivity contribution >= 4 is 33.5 Å². The number of hydrogen-bond donors (Lipinski definition) is 2. The number of carboxylic acid groups (broad SMARTS) is 2. The quantitative estimate of drug-likeness (QED) is 0.702. The molecule has 0 aromatic heterocycles. The number of hydrogen-bond acceptors (Lipinski definition) is 2. The Hall–Kier alpha value is -2.88. The molecule has 0 aliphatic heterocycles. The van der Waals surface area contributed by atoms with Crippen molar-refractivity contribution in [1.29, 1.82) is 0 Å². The standard InChI is InChI=1S/C17H12O4/c1-9-12-5-3-2-4-10(12)6-11-7-14(16(18)19)15(17(20)21)8-13(9)11/h2-8H,1H3,(H,18,19)(H,20,21). The Bertz CT molecular complexity index is 909. The lowest BCUT2D eigenvalue weighted by atomic mass is 9.94. The van der Waals surface area contributed by atoms with E-state index < -0.39 is 11.9 Å². The molecular formula is C17H12O4. The second kappa shape index (κ2) is 4.59. The van der Waals surface area contributed by atoms with Crippen LogP contribution < -0.4 is 0 Å². The second-order valence-electron chi connectivity index (χ2n) is 4.95. The fourth-order valence-electron chi connectivity index (χ4n) is 2.69. The highest BCUT2D eigenvalue weighted by Gasteiger charge is 2.18. The third kappa shape index (κ3) is 2.01. The molecule has 3 aromatic carbocycles. The van der Waals surface area contributed by atoms with E-state index in [1.54, 1.807) is 0 Å². The maximum atomic E-state index is 11.3. The predicted octanol–water partition coefficient (Wildman–Crippen LogP) is 3.70. The smallest absolute Gasteiger partial charge is 0.336 e. The van der Waals surface area contributed by atoms with Crippen molar-refractivity contribution in [2.24, 2.45) is 0 Å². The topological polar surface area (TPSA) is 74.6 Å². The summed E-state index contributed by atoms with van der Waals surface area (Å²) < 4.78 is 0. The van der Waals surface area contributed by atoms with Crippen molar-refractivity contribution in [3.05, 3.63) is 59.2 Å². The number of aryl methyl sites for hydroxylation is 1. The van der Waals surface area contributed by atoms with Crippen LogP contribution in [0.5, 0.6) is 0 Å². The van der Waals surface area contributed by atoms with Gasteiger partial charge >= 0.3 is 11.9 Å². The van der Waals surface area contributed by atoms with Crippen molar-refractivity contribution in [3.8, 4) is 0 Å². The Labute approximate surface area is 120 Å². The molecule has 104 valence electrons. The van der Waals surface area contributed by atoms with E-state index >= 15 is 0 Å². The second-order valence-corrected chi connectivity index (χ2v) is 4.95. The van der Waals surface area contributed by atoms with E-state index in [2.05, 4.69) is 0 Å². The monoisotopic (exact) mass is 280 g/mol. The third-order valence-corrected chi connectivity index (χ3v) is 3.73. The number of rotatable bonds is 2. The molecule has 0 spiro atoms. The Morgan fingerprint density at radius 2 is 1.43 bits per heavy atom. The van der Waals surface area contributed by atoms with Crippen molar-refractivity contribution in [3.63, 3.8) is 0 Å². The van der Waals surface area contributed by atoms with Gasteiger partial charge in [-0.3, -0.25) is 0 Å². The van der Waals surface area contributed by atoms with Gasteiger partial charge in [0.25, 0.3) is 0 Å². The van der Waals surface area contributed by atoms with Gasteiger partial charge in [0.1, 0.15) is 0 Å². The van der Waals surface area contributed by atoms with Gasteiger partial charge in [-0.2, -0.15) is 0 Å². The van der Waals surface area contributed by atoms with E-state index in [4.69, 9.17) is 0 Å². The van der Waals surface area contributed by atoms with Gasteiger partial charge in [0.05, 0.1) is 11.1 Å². The molecule has 0 aliphatic rings. The van der Waals surface area contributed by atoms with E-state index in [-0.39, 0.29) is 11.1 Å². The van der Waals surface area contributed by atoms with Crippen LogP contribution >= 0.6 is 0 Å². The number of aromatic carboxylic acids is 2. The molecule has 0 atom stereocenters. The first kappa shape index (κ1) is 13.1. The molecule has 0 heterocycles. The Balaban J connectivity index is 2.49. The van der Waals surface area contributed by atoms with Crippen LogP contribution in [-0.2, 0) is 0 Å². The average molecular weight is 280 g/mol. The van der Waals surface area contributed by atoms with Gasteiger partial charge in [0.15, 0.2) is 0 Å². The lowest BCUT2D eigenvalue weighted by Crippen LogP contribution is -2.08. The molecule has 0 saturated carbocycles. The normalized spacial score (nSPS) is 10.9. The summed E-state index contributed by atoms with van der Waals surface area (Å²) in [5, 5.41) is 21.9. The molecule has 0 unspecified atom stereocenters. The van der Waals surface area contributed by atoms with Crippen LogP contribution in [0.2, 0.25) is 0 Å². The summed E-state index contributed by atoms with van der Waals surface area (Å²) in [5.41, 5.74) is 0.570. The molecule has 0 saturated heterocycles. The summed E-state index contributed by atoms with van der Waals surface area (Å²) in [7, 11) is 0. The number of carbonyl (C=O) groups is 2. The van der Waals surface area contributed by atoms with Crippen molar-refractivity contribution in [2.75, 3.05) is 0 Å². The van der Waals surface area contributed by atoms with Gasteiger partial charge in [-0.15, -0.1) is 0 Å². The van der Waals surface area contributed by atoms with E-state index in [0.29, 0.717) is 0 Å². The highest BCUT2D eigenvalue weighted by molar-refractivity contribution is 6.10. The predicted molar refractivity (Wildman–Crippen MR) is 80.1 cm³/mol. The van der Waals surface area contributed by atoms with Crippen molar-refractivity contribution in [1.82, 2.24) is 0 Å². The number of fused-ring (bicyclic) bond motifs is 2. The van der Waals surface area contributed by atoms with Gasteiger partial charge in [0.2, 0.25) is 0 Å². The van der Waals surface area contributed by atoms with Gasteiger partial charge in [-0.1, -0.05) is 24.3 Å². The van der Waals surface area contributed by atoms with Crippen LogP contribution in [0.3, 0.4) is 0 Å². The minimum atomic E-state index is -1.24. The van der Waals surface area contributed by atoms with Crippen LogP contribution in [0.15, 0.2) is 42.5 Å². The van der Waals surface area contributed by atoms with E-state index in [0.717, 1.165) is 27.1 Å². The molecule has 0 bridgehead atoms. The first-order valence-electron chi connectivity index (χ1n) is 6.41. The minimum absolute atomic E-state index is 0.187. The van der Waals surface area contributed by atoms with Crippen LogP contribution in [0, 0.1) is 6.92 Å². The van der Waals surface area contributed by atoms with Gasteiger partial charge < -0.3 is 10.2 Å².